The summed E-state index contributed by atoms with van der Waals surface area (Å²) in [5.74, 6) is 0.829. The van der Waals surface area contributed by atoms with Gasteiger partial charge in [0.25, 0.3) is 0 Å². The largest absolute Gasteiger partial charge is 0.369 e. The van der Waals surface area contributed by atoms with Crippen LogP contribution in [0.25, 0.3) is 0 Å². The van der Waals surface area contributed by atoms with Gasteiger partial charge < -0.3 is 4.90 Å². The Balaban J connectivity index is 1.67. The van der Waals surface area contributed by atoms with Gasteiger partial charge in [0.15, 0.2) is 0 Å². The zero-order valence-electron chi connectivity index (χ0n) is 14.9. The molecule has 2 aliphatic heterocycles. The van der Waals surface area contributed by atoms with Gasteiger partial charge in [-0.2, -0.15) is 0 Å². The summed E-state index contributed by atoms with van der Waals surface area (Å²) in [6, 6.07) is 4.41. The number of rotatable bonds is 4. The van der Waals surface area contributed by atoms with Crippen LogP contribution in [-0.2, 0) is 4.79 Å². The number of nitrogens with zero attached hydrogens (tertiary/aromatic N) is 2. The number of imide groups is 1. The third-order valence-electron chi connectivity index (χ3n) is 5.06. The Bertz CT molecular complexity index is 654. The topological polar surface area (TPSA) is 52.6 Å². The van der Waals surface area contributed by atoms with E-state index < -0.39 is 6.03 Å². The van der Waals surface area contributed by atoms with Crippen molar-refractivity contribution in [3.8, 4) is 0 Å². The van der Waals surface area contributed by atoms with Crippen LogP contribution < -0.4 is 15.1 Å². The van der Waals surface area contributed by atoms with Gasteiger partial charge in [0.05, 0.1) is 5.69 Å². The molecule has 0 spiro atoms. The molecule has 0 aliphatic carbocycles. The van der Waals surface area contributed by atoms with E-state index in [-0.39, 0.29) is 24.7 Å². The highest BCUT2D eigenvalue weighted by Gasteiger charge is 2.26. The Kier molecular flexibility index (Phi) is 5.25. The zero-order valence-corrected chi connectivity index (χ0v) is 14.9. The van der Waals surface area contributed by atoms with Crippen LogP contribution >= 0.6 is 0 Å². The molecule has 3 rings (SSSR count). The first-order valence-corrected chi connectivity index (χ1v) is 9.10. The SMILES string of the molecule is CC(C)CC1CCN(c2ccc(N3CCC(=O)NC3=O)cc2F)CC1. The van der Waals surface area contributed by atoms with Crippen LogP contribution in [0.15, 0.2) is 18.2 Å². The lowest BCUT2D eigenvalue weighted by Gasteiger charge is -2.35. The monoisotopic (exact) mass is 347 g/mol. The van der Waals surface area contributed by atoms with Gasteiger partial charge in [0, 0.05) is 31.7 Å². The first-order valence-electron chi connectivity index (χ1n) is 9.10. The highest BCUT2D eigenvalue weighted by molar-refractivity contribution is 6.05. The summed E-state index contributed by atoms with van der Waals surface area (Å²) in [6.45, 7) is 6.51. The quantitative estimate of drug-likeness (QED) is 0.906. The molecule has 1 aromatic carbocycles. The number of halogens is 1. The van der Waals surface area contributed by atoms with E-state index in [0.717, 1.165) is 31.8 Å². The molecule has 25 heavy (non-hydrogen) atoms. The molecule has 136 valence electrons. The fourth-order valence-electron chi connectivity index (χ4n) is 3.81. The molecule has 2 fully saturated rings. The lowest BCUT2D eigenvalue weighted by atomic mass is 9.88. The van der Waals surface area contributed by atoms with Gasteiger partial charge in [-0.1, -0.05) is 13.8 Å². The lowest BCUT2D eigenvalue weighted by molar-refractivity contribution is -0.120. The number of amides is 3. The number of benzene rings is 1. The summed E-state index contributed by atoms with van der Waals surface area (Å²) in [4.78, 5) is 26.6. The molecule has 3 amide bonds. The minimum Gasteiger partial charge on any atom is -0.369 e. The summed E-state index contributed by atoms with van der Waals surface area (Å²) in [6.07, 6.45) is 3.66. The fraction of sp³-hybridized carbons (Fsp3) is 0.579. The van der Waals surface area contributed by atoms with Gasteiger partial charge in [0.1, 0.15) is 5.82 Å². The van der Waals surface area contributed by atoms with E-state index >= 15 is 0 Å². The number of urea groups is 1. The lowest BCUT2D eigenvalue weighted by Crippen LogP contribution is -2.49. The van der Waals surface area contributed by atoms with Crippen molar-refractivity contribution >= 4 is 23.3 Å². The second-order valence-corrected chi connectivity index (χ2v) is 7.45. The summed E-state index contributed by atoms with van der Waals surface area (Å²) in [5, 5.41) is 2.26. The maximum absolute atomic E-state index is 14.6. The average Bonchev–Trinajstić information content (AvgIpc) is 2.55. The molecule has 0 radical (unpaired) electrons. The number of anilines is 2. The van der Waals surface area contributed by atoms with Crippen LogP contribution in [0.5, 0.6) is 0 Å². The molecule has 0 unspecified atom stereocenters. The van der Waals surface area contributed by atoms with Crippen molar-refractivity contribution in [3.05, 3.63) is 24.0 Å². The van der Waals surface area contributed by atoms with Gasteiger partial charge >= 0.3 is 6.03 Å². The van der Waals surface area contributed by atoms with Gasteiger partial charge in [-0.05, 0) is 49.3 Å². The molecule has 6 heteroatoms. The van der Waals surface area contributed by atoms with Crippen molar-refractivity contribution in [1.82, 2.24) is 5.32 Å². The molecule has 0 bridgehead atoms. The van der Waals surface area contributed by atoms with Crippen molar-refractivity contribution in [1.29, 1.82) is 0 Å². The second kappa shape index (κ2) is 7.42. The third kappa shape index (κ3) is 4.11. The van der Waals surface area contributed by atoms with Crippen LogP contribution in [0.2, 0.25) is 0 Å². The molecule has 2 saturated heterocycles. The van der Waals surface area contributed by atoms with Crippen LogP contribution in [0.1, 0.15) is 39.5 Å². The van der Waals surface area contributed by atoms with Gasteiger partial charge in [-0.25, -0.2) is 9.18 Å². The normalized spacial score (nSPS) is 19.5. The average molecular weight is 347 g/mol. The van der Waals surface area contributed by atoms with Crippen molar-refractivity contribution in [2.75, 3.05) is 29.4 Å². The van der Waals surface area contributed by atoms with E-state index in [2.05, 4.69) is 24.1 Å². The maximum Gasteiger partial charge on any atom is 0.328 e. The van der Waals surface area contributed by atoms with E-state index in [9.17, 15) is 14.0 Å². The molecule has 2 aliphatic rings. The summed E-state index contributed by atoms with van der Waals surface area (Å²) in [7, 11) is 0. The zero-order chi connectivity index (χ0) is 18.0. The van der Waals surface area contributed by atoms with Crippen LogP contribution in [0.3, 0.4) is 0 Å². The number of nitrogens with one attached hydrogen (secondary N) is 1. The molecular weight excluding hydrogens is 321 g/mol. The Morgan fingerprint density at radius 3 is 2.52 bits per heavy atom. The molecular formula is C19H26FN3O2. The highest BCUT2D eigenvalue weighted by Crippen LogP contribution is 2.31. The Hall–Kier alpha value is -2.11. The standard InChI is InChI=1S/C19H26FN3O2/c1-13(2)11-14-5-8-22(9-6-14)17-4-3-15(12-16(17)20)23-10-7-18(24)21-19(23)25/h3-4,12-14H,5-11H2,1-2H3,(H,21,24,25). The fourth-order valence-corrected chi connectivity index (χ4v) is 3.81. The van der Waals surface area contributed by atoms with Crippen molar-refractivity contribution in [3.63, 3.8) is 0 Å². The minimum absolute atomic E-state index is 0.235. The predicted octanol–water partition coefficient (Wildman–Crippen LogP) is 3.53. The molecule has 5 nitrogen and oxygen atoms in total. The van der Waals surface area contributed by atoms with Crippen molar-refractivity contribution < 1.29 is 14.0 Å². The summed E-state index contributed by atoms with van der Waals surface area (Å²) >= 11 is 0. The molecule has 0 aromatic heterocycles. The molecule has 1 aromatic rings. The molecule has 0 atom stereocenters. The Morgan fingerprint density at radius 1 is 1.20 bits per heavy atom. The van der Waals surface area contributed by atoms with Crippen molar-refractivity contribution in [2.24, 2.45) is 11.8 Å². The van der Waals surface area contributed by atoms with E-state index in [4.69, 9.17) is 0 Å². The van der Waals surface area contributed by atoms with Crippen LogP contribution in [0.4, 0.5) is 20.6 Å². The van der Waals surface area contributed by atoms with Gasteiger partial charge in [-0.3, -0.25) is 15.0 Å². The summed E-state index contributed by atoms with van der Waals surface area (Å²) < 4.78 is 14.6. The summed E-state index contributed by atoms with van der Waals surface area (Å²) in [5.41, 5.74) is 1.08. The second-order valence-electron chi connectivity index (χ2n) is 7.45. The van der Waals surface area contributed by atoms with Gasteiger partial charge in [-0.15, -0.1) is 0 Å². The number of piperidine rings is 1. The van der Waals surface area contributed by atoms with Gasteiger partial charge in [0.2, 0.25) is 5.91 Å². The Labute approximate surface area is 148 Å². The third-order valence-corrected chi connectivity index (χ3v) is 5.06. The van der Waals surface area contributed by atoms with Crippen LogP contribution in [-0.4, -0.2) is 31.6 Å². The molecule has 2 heterocycles. The first kappa shape index (κ1) is 17.7. The highest BCUT2D eigenvalue weighted by atomic mass is 19.1. The minimum atomic E-state index is -0.488. The number of hydrogen-bond donors (Lipinski definition) is 1. The van der Waals surface area contributed by atoms with Crippen molar-refractivity contribution in [2.45, 2.75) is 39.5 Å². The predicted molar refractivity (Wildman–Crippen MR) is 96.3 cm³/mol. The van der Waals surface area contributed by atoms with E-state index in [1.54, 1.807) is 12.1 Å². The molecule has 0 saturated carbocycles. The maximum atomic E-state index is 14.6. The first-order chi connectivity index (χ1) is 11.9. The van der Waals surface area contributed by atoms with E-state index in [1.807, 2.05) is 0 Å². The number of carbonyl (C=O) groups is 2. The van der Waals surface area contributed by atoms with E-state index in [0.29, 0.717) is 17.3 Å². The smallest absolute Gasteiger partial charge is 0.328 e. The number of hydrogen-bond acceptors (Lipinski definition) is 3. The van der Waals surface area contributed by atoms with Crippen LogP contribution in [0, 0.1) is 17.7 Å². The molecule has 1 N–H and O–H groups in total. The number of carbonyl (C=O) groups excluding carboxylic acids is 2. The van der Waals surface area contributed by atoms with E-state index in [1.165, 1.54) is 17.4 Å². The Morgan fingerprint density at radius 2 is 1.92 bits per heavy atom.